The van der Waals surface area contributed by atoms with E-state index in [0.717, 1.165) is 39.3 Å². The summed E-state index contributed by atoms with van der Waals surface area (Å²) in [7, 11) is 0. The molecule has 41 heavy (non-hydrogen) atoms. The first-order valence-electron chi connectivity index (χ1n) is 14.8. The van der Waals surface area contributed by atoms with Gasteiger partial charge in [0.2, 0.25) is 0 Å². The van der Waals surface area contributed by atoms with Gasteiger partial charge < -0.3 is 54.4 Å². The third-order valence-corrected chi connectivity index (χ3v) is 6.76. The molecule has 0 aliphatic carbocycles. The van der Waals surface area contributed by atoms with Crippen LogP contribution in [0, 0.1) is 0 Å². The van der Waals surface area contributed by atoms with E-state index < -0.39 is 0 Å². The van der Waals surface area contributed by atoms with Gasteiger partial charge >= 0.3 is 0 Å². The molecule has 15 heteroatoms. The Kier molecular flexibility index (Phi) is 23.5. The highest BCUT2D eigenvalue weighted by Crippen LogP contribution is 1.95. The van der Waals surface area contributed by atoms with E-state index in [1.807, 2.05) is 0 Å². The normalized spacial score (nSPS) is 26.8. The summed E-state index contributed by atoms with van der Waals surface area (Å²) in [5, 5.41) is 13.8. The molecule has 0 radical (unpaired) electrons. The number of hydrogen-bond donors (Lipinski definition) is 4. The Morgan fingerprint density at radius 1 is 0.341 bits per heavy atom. The number of nitrogens with zero attached hydrogens (tertiary/aromatic N) is 2. The maximum Gasteiger partial charge on any atom is 0.166 e. The molecule has 0 unspecified atom stereocenters. The number of ether oxygens (including phenoxy) is 7. The summed E-state index contributed by atoms with van der Waals surface area (Å²) < 4.78 is 40.5. The lowest BCUT2D eigenvalue weighted by Crippen LogP contribution is -2.40. The van der Waals surface area contributed by atoms with Crippen molar-refractivity contribution in [2.45, 2.75) is 0 Å². The van der Waals surface area contributed by atoms with Crippen molar-refractivity contribution in [3.8, 4) is 0 Å². The van der Waals surface area contributed by atoms with Crippen molar-refractivity contribution in [1.82, 2.24) is 31.1 Å². The third kappa shape index (κ3) is 22.3. The predicted molar refractivity (Wildman–Crippen MR) is 166 cm³/mol. The number of rotatable bonds is 0. The number of fused-ring (bicyclic) bond motifs is 34. The maximum absolute atomic E-state index is 5.82. The predicted octanol–water partition coefficient (Wildman–Crippen LogP) is -1.34. The second-order valence-corrected chi connectivity index (χ2v) is 10.2. The Balaban J connectivity index is 1.82. The zero-order valence-corrected chi connectivity index (χ0v) is 26.2. The largest absolute Gasteiger partial charge is 0.378 e. The maximum atomic E-state index is 5.82. The summed E-state index contributed by atoms with van der Waals surface area (Å²) in [5.41, 5.74) is 0. The molecule has 2 bridgehead atoms. The molecule has 3 rings (SSSR count). The van der Waals surface area contributed by atoms with E-state index >= 15 is 0 Å². The Morgan fingerprint density at radius 3 is 0.829 bits per heavy atom. The number of nitrogens with one attached hydrogen (secondary N) is 4. The topological polar surface area (TPSA) is 119 Å². The highest BCUT2D eigenvalue weighted by molar-refractivity contribution is 7.80. The molecule has 0 aromatic heterocycles. The molecule has 0 aromatic carbocycles. The monoisotopic (exact) mass is 624 g/mol. The minimum Gasteiger partial charge on any atom is -0.378 e. The molecule has 3 fully saturated rings. The van der Waals surface area contributed by atoms with Gasteiger partial charge in [0, 0.05) is 65.4 Å². The van der Waals surface area contributed by atoms with Crippen molar-refractivity contribution in [1.29, 1.82) is 0 Å². The number of hydrogen-bond acceptors (Lipinski definition) is 11. The zero-order valence-electron chi connectivity index (χ0n) is 24.5. The Labute approximate surface area is 256 Å². The first-order chi connectivity index (χ1) is 20.2. The minimum absolute atomic E-state index is 0.548. The lowest BCUT2D eigenvalue weighted by molar-refractivity contribution is 0.00116. The molecule has 3 saturated heterocycles. The fraction of sp³-hybridized carbons (Fsp3) is 0.923. The SMILES string of the molecule is S=C1NCCOCCNC(=S)NCCOCCN2CCOCCOCCN(CCOCCN1)CCOCCOCC2. The summed E-state index contributed by atoms with van der Waals surface area (Å²) in [6.07, 6.45) is 0. The lowest BCUT2D eigenvalue weighted by atomic mass is 10.4. The second-order valence-electron chi connectivity index (χ2n) is 9.34. The van der Waals surface area contributed by atoms with Gasteiger partial charge in [-0.15, -0.1) is 0 Å². The molecule has 3 heterocycles. The molecule has 0 spiro atoms. The summed E-state index contributed by atoms with van der Waals surface area (Å²) >= 11 is 10.6. The van der Waals surface area contributed by atoms with Crippen molar-refractivity contribution in [3.63, 3.8) is 0 Å². The van der Waals surface area contributed by atoms with Gasteiger partial charge in [0.05, 0.1) is 92.5 Å². The Bertz CT molecular complexity index is 587. The van der Waals surface area contributed by atoms with E-state index in [-0.39, 0.29) is 0 Å². The zero-order chi connectivity index (χ0) is 29.1. The first-order valence-corrected chi connectivity index (χ1v) is 15.6. The fourth-order valence-corrected chi connectivity index (χ4v) is 4.26. The molecule has 3 aliphatic rings. The van der Waals surface area contributed by atoms with E-state index in [2.05, 4.69) is 31.1 Å². The highest BCUT2D eigenvalue weighted by atomic mass is 32.1. The molecular formula is C26H52N6O7S2. The van der Waals surface area contributed by atoms with Gasteiger partial charge in [-0.25, -0.2) is 0 Å². The van der Waals surface area contributed by atoms with Crippen molar-refractivity contribution in [2.75, 3.05) is 158 Å². The van der Waals surface area contributed by atoms with Crippen LogP contribution in [-0.2, 0) is 33.2 Å². The van der Waals surface area contributed by atoms with Gasteiger partial charge in [-0.1, -0.05) is 0 Å². The van der Waals surface area contributed by atoms with Gasteiger partial charge in [0.1, 0.15) is 0 Å². The van der Waals surface area contributed by atoms with Crippen molar-refractivity contribution in [2.24, 2.45) is 0 Å². The van der Waals surface area contributed by atoms with Crippen LogP contribution in [0.15, 0.2) is 0 Å². The number of thiocarbonyl (C=S) groups is 2. The van der Waals surface area contributed by atoms with Crippen LogP contribution in [0.3, 0.4) is 0 Å². The smallest absolute Gasteiger partial charge is 0.166 e. The van der Waals surface area contributed by atoms with Crippen LogP contribution in [0.1, 0.15) is 0 Å². The van der Waals surface area contributed by atoms with Crippen LogP contribution in [-0.4, -0.2) is 178 Å². The third-order valence-electron chi connectivity index (χ3n) is 6.18. The van der Waals surface area contributed by atoms with Gasteiger partial charge in [-0.2, -0.15) is 0 Å². The fourth-order valence-electron chi connectivity index (χ4n) is 3.85. The minimum atomic E-state index is 0.548. The molecule has 0 aromatic rings. The summed E-state index contributed by atoms with van der Waals surface area (Å²) in [6.45, 7) is 15.7. The molecule has 4 N–H and O–H groups in total. The molecule has 13 nitrogen and oxygen atoms in total. The average molecular weight is 625 g/mol. The van der Waals surface area contributed by atoms with Crippen molar-refractivity contribution >= 4 is 34.7 Å². The van der Waals surface area contributed by atoms with Gasteiger partial charge in [0.25, 0.3) is 0 Å². The van der Waals surface area contributed by atoms with E-state index in [9.17, 15) is 0 Å². The molecule has 0 amide bonds. The van der Waals surface area contributed by atoms with E-state index in [1.165, 1.54) is 0 Å². The molecule has 3 aliphatic heterocycles. The van der Waals surface area contributed by atoms with Crippen molar-refractivity contribution < 1.29 is 33.2 Å². The second kappa shape index (κ2) is 26.6. The van der Waals surface area contributed by atoms with Crippen LogP contribution in [0.2, 0.25) is 0 Å². The summed E-state index contributed by atoms with van der Waals surface area (Å²) in [5.74, 6) is 0. The van der Waals surface area contributed by atoms with Crippen LogP contribution < -0.4 is 21.3 Å². The van der Waals surface area contributed by atoms with Crippen molar-refractivity contribution in [3.05, 3.63) is 0 Å². The van der Waals surface area contributed by atoms with Gasteiger partial charge in [-0.3, -0.25) is 9.80 Å². The molecule has 0 atom stereocenters. The highest BCUT2D eigenvalue weighted by Gasteiger charge is 2.08. The molecular weight excluding hydrogens is 572 g/mol. The van der Waals surface area contributed by atoms with E-state index in [4.69, 9.17) is 57.6 Å². The quantitative estimate of drug-likeness (QED) is 0.188. The lowest BCUT2D eigenvalue weighted by Gasteiger charge is -2.23. The van der Waals surface area contributed by atoms with Crippen LogP contribution in [0.5, 0.6) is 0 Å². The Hall–Kier alpha value is -0.980. The molecule has 0 saturated carbocycles. The standard InChI is InChI=1S/C26H52N6O7S2/c40-25-27-1-11-33-12-2-28-26(41)30-4-14-35-16-6-32-9-19-38-23-21-36-17-7-31(5-15-34-13-3-29-25)8-18-37-22-24-39-20-10-32/h1-24H2,(H2,27,29,40)(H2,28,30,41). The van der Waals surface area contributed by atoms with Crippen LogP contribution in [0.4, 0.5) is 0 Å². The van der Waals surface area contributed by atoms with Crippen LogP contribution >= 0.6 is 24.4 Å². The van der Waals surface area contributed by atoms with Crippen LogP contribution in [0.25, 0.3) is 0 Å². The molecule has 240 valence electrons. The van der Waals surface area contributed by atoms with Gasteiger partial charge in [0.15, 0.2) is 10.2 Å². The van der Waals surface area contributed by atoms with Gasteiger partial charge in [-0.05, 0) is 24.4 Å². The first kappa shape index (κ1) is 36.2. The van der Waals surface area contributed by atoms with E-state index in [1.54, 1.807) is 0 Å². The summed E-state index contributed by atoms with van der Waals surface area (Å²) in [4.78, 5) is 4.59. The van der Waals surface area contributed by atoms with E-state index in [0.29, 0.717) is 129 Å². The average Bonchev–Trinajstić information content (AvgIpc) is 2.96. The summed E-state index contributed by atoms with van der Waals surface area (Å²) in [6, 6.07) is 0. The Morgan fingerprint density at radius 2 is 0.561 bits per heavy atom.